The first kappa shape index (κ1) is 18.1. The summed E-state index contributed by atoms with van der Waals surface area (Å²) >= 11 is 1.16. The second-order valence-electron chi connectivity index (χ2n) is 5.32. The molecule has 1 aromatic carbocycles. The average molecular weight is 389 g/mol. The minimum Gasteiger partial charge on any atom is -0.305 e. The number of nitrogens with zero attached hydrogens (tertiary/aromatic N) is 4. The highest BCUT2D eigenvalue weighted by Gasteiger charge is 2.14. The van der Waals surface area contributed by atoms with Gasteiger partial charge in [-0.15, -0.1) is 6.42 Å². The molecule has 0 aliphatic rings. The zero-order chi connectivity index (χ0) is 18.9. The number of terminal acetylenes is 1. The molecule has 26 heavy (non-hydrogen) atoms. The van der Waals surface area contributed by atoms with Gasteiger partial charge in [-0.3, -0.25) is 9.48 Å². The zero-order valence-corrected chi connectivity index (χ0v) is 15.4. The van der Waals surface area contributed by atoms with Gasteiger partial charge in [0.2, 0.25) is 10.0 Å². The third kappa shape index (κ3) is 3.45. The normalized spacial score (nSPS) is 12.4. The number of rotatable bonds is 4. The first-order valence-corrected chi connectivity index (χ1v) is 9.92. The van der Waals surface area contributed by atoms with Crippen LogP contribution in [0, 0.1) is 12.3 Å². The molecular weight excluding hydrogens is 374 g/mol. The molecule has 0 aliphatic heterocycles. The Bertz CT molecular complexity index is 1210. The summed E-state index contributed by atoms with van der Waals surface area (Å²) in [6.07, 6.45) is 7.11. The minimum absolute atomic E-state index is 0.0151. The van der Waals surface area contributed by atoms with E-state index in [1.165, 1.54) is 12.1 Å². The fourth-order valence-electron chi connectivity index (χ4n) is 2.36. The van der Waals surface area contributed by atoms with Gasteiger partial charge in [0.1, 0.15) is 0 Å². The smallest absolute Gasteiger partial charge is 0.300 e. The van der Waals surface area contributed by atoms with E-state index in [1.54, 1.807) is 27.6 Å². The molecule has 10 heteroatoms. The molecule has 3 aromatic rings. The van der Waals surface area contributed by atoms with Crippen LogP contribution in [0.3, 0.4) is 0 Å². The SMILES string of the molecule is C#CCn1c(=NC(=O)c2ccn(CC)n2)sc2cc(S(N)(=O)=O)ccc21. The number of primary sulfonamides is 1. The third-order valence-corrected chi connectivity index (χ3v) is 5.57. The number of hydrogen-bond acceptors (Lipinski definition) is 5. The van der Waals surface area contributed by atoms with Crippen LogP contribution in [0.4, 0.5) is 0 Å². The molecular formula is C16H15N5O3S2. The molecule has 0 radical (unpaired) electrons. The van der Waals surface area contributed by atoms with Gasteiger partial charge < -0.3 is 4.57 Å². The topological polar surface area (TPSA) is 112 Å². The number of benzene rings is 1. The Morgan fingerprint density at radius 2 is 2.19 bits per heavy atom. The first-order chi connectivity index (χ1) is 12.3. The summed E-state index contributed by atoms with van der Waals surface area (Å²) in [5.41, 5.74) is 0.896. The molecule has 2 aromatic heterocycles. The quantitative estimate of drug-likeness (QED) is 0.669. The predicted molar refractivity (Wildman–Crippen MR) is 97.8 cm³/mol. The van der Waals surface area contributed by atoms with Crippen molar-refractivity contribution in [2.75, 3.05) is 0 Å². The fourth-order valence-corrected chi connectivity index (χ4v) is 4.04. The number of amides is 1. The fraction of sp³-hybridized carbons (Fsp3) is 0.188. The Kier molecular flexibility index (Phi) is 4.78. The van der Waals surface area contributed by atoms with Crippen LogP contribution in [-0.4, -0.2) is 28.7 Å². The summed E-state index contributed by atoms with van der Waals surface area (Å²) in [7, 11) is -3.83. The lowest BCUT2D eigenvalue weighted by atomic mass is 10.3. The lowest BCUT2D eigenvalue weighted by molar-refractivity contribution is 0.0992. The summed E-state index contributed by atoms with van der Waals surface area (Å²) in [5, 5.41) is 9.31. The van der Waals surface area contributed by atoms with E-state index >= 15 is 0 Å². The van der Waals surface area contributed by atoms with Crippen molar-refractivity contribution < 1.29 is 13.2 Å². The maximum Gasteiger partial charge on any atom is 0.300 e. The maximum atomic E-state index is 12.4. The summed E-state index contributed by atoms with van der Waals surface area (Å²) in [6, 6.07) is 6.02. The number of carbonyl (C=O) groups is 1. The molecule has 0 fully saturated rings. The van der Waals surface area contributed by atoms with Gasteiger partial charge in [0.05, 0.1) is 21.7 Å². The second-order valence-corrected chi connectivity index (χ2v) is 7.89. The molecule has 0 bridgehead atoms. The van der Waals surface area contributed by atoms with Gasteiger partial charge in [0.25, 0.3) is 5.91 Å². The van der Waals surface area contributed by atoms with E-state index in [-0.39, 0.29) is 17.1 Å². The van der Waals surface area contributed by atoms with E-state index in [2.05, 4.69) is 16.0 Å². The third-order valence-electron chi connectivity index (χ3n) is 3.61. The van der Waals surface area contributed by atoms with Crippen molar-refractivity contribution in [3.8, 4) is 12.3 Å². The van der Waals surface area contributed by atoms with Gasteiger partial charge in [0.15, 0.2) is 10.5 Å². The van der Waals surface area contributed by atoms with Crippen LogP contribution >= 0.6 is 11.3 Å². The highest BCUT2D eigenvalue weighted by Crippen LogP contribution is 2.21. The average Bonchev–Trinajstić information content (AvgIpc) is 3.19. The van der Waals surface area contributed by atoms with Crippen LogP contribution in [0.25, 0.3) is 10.2 Å². The lowest BCUT2D eigenvalue weighted by Crippen LogP contribution is -2.17. The van der Waals surface area contributed by atoms with Gasteiger partial charge in [-0.2, -0.15) is 10.1 Å². The number of sulfonamides is 1. The molecule has 134 valence electrons. The summed E-state index contributed by atoms with van der Waals surface area (Å²) in [4.78, 5) is 16.8. The predicted octanol–water partition coefficient (Wildman–Crippen LogP) is 0.941. The van der Waals surface area contributed by atoms with Crippen LogP contribution in [0.2, 0.25) is 0 Å². The van der Waals surface area contributed by atoms with E-state index < -0.39 is 15.9 Å². The lowest BCUT2D eigenvalue weighted by Gasteiger charge is -2.01. The molecule has 0 spiro atoms. The molecule has 8 nitrogen and oxygen atoms in total. The molecule has 2 N–H and O–H groups in total. The molecule has 0 saturated carbocycles. The van der Waals surface area contributed by atoms with Gasteiger partial charge >= 0.3 is 0 Å². The van der Waals surface area contributed by atoms with Crippen LogP contribution in [0.5, 0.6) is 0 Å². The van der Waals surface area contributed by atoms with Crippen molar-refractivity contribution in [1.29, 1.82) is 0 Å². The molecule has 0 atom stereocenters. The van der Waals surface area contributed by atoms with Crippen molar-refractivity contribution in [3.05, 3.63) is 41.0 Å². The zero-order valence-electron chi connectivity index (χ0n) is 13.8. The van der Waals surface area contributed by atoms with Crippen LogP contribution in [0.1, 0.15) is 17.4 Å². The van der Waals surface area contributed by atoms with Crippen molar-refractivity contribution in [2.24, 2.45) is 10.1 Å². The number of aryl methyl sites for hydroxylation is 1. The summed E-state index contributed by atoms with van der Waals surface area (Å²) < 4.78 is 27.0. The monoisotopic (exact) mass is 389 g/mol. The van der Waals surface area contributed by atoms with E-state index in [0.717, 1.165) is 11.3 Å². The van der Waals surface area contributed by atoms with E-state index in [1.807, 2.05) is 6.92 Å². The van der Waals surface area contributed by atoms with Gasteiger partial charge in [-0.25, -0.2) is 13.6 Å². The van der Waals surface area contributed by atoms with E-state index in [0.29, 0.717) is 21.6 Å². The Morgan fingerprint density at radius 1 is 1.42 bits per heavy atom. The standard InChI is InChI=1S/C16H15N5O3S2/c1-3-8-21-13-6-5-11(26(17,23)24)10-14(13)25-16(21)18-15(22)12-7-9-20(4-2)19-12/h1,5-7,9-10H,4,8H2,2H3,(H2,17,23,24). The maximum absolute atomic E-state index is 12.4. The summed E-state index contributed by atoms with van der Waals surface area (Å²) in [6.45, 7) is 2.74. The minimum atomic E-state index is -3.83. The van der Waals surface area contributed by atoms with Gasteiger partial charge in [-0.05, 0) is 31.2 Å². The Hall–Kier alpha value is -2.74. The van der Waals surface area contributed by atoms with Crippen molar-refractivity contribution >= 4 is 37.5 Å². The Balaban J connectivity index is 2.16. The largest absolute Gasteiger partial charge is 0.305 e. The first-order valence-electron chi connectivity index (χ1n) is 7.55. The Labute approximate surface area is 153 Å². The Morgan fingerprint density at radius 3 is 2.81 bits per heavy atom. The van der Waals surface area contributed by atoms with Gasteiger partial charge in [-0.1, -0.05) is 17.3 Å². The number of fused-ring (bicyclic) bond motifs is 1. The second kappa shape index (κ2) is 6.87. The number of carbonyl (C=O) groups excluding carboxylic acids is 1. The molecule has 0 saturated heterocycles. The van der Waals surface area contributed by atoms with Crippen molar-refractivity contribution in [1.82, 2.24) is 14.3 Å². The van der Waals surface area contributed by atoms with Gasteiger partial charge in [0, 0.05) is 12.7 Å². The molecule has 3 rings (SSSR count). The van der Waals surface area contributed by atoms with Crippen molar-refractivity contribution in [3.63, 3.8) is 0 Å². The number of nitrogens with two attached hydrogens (primary N) is 1. The highest BCUT2D eigenvalue weighted by atomic mass is 32.2. The summed E-state index contributed by atoms with van der Waals surface area (Å²) in [5.74, 6) is 2.01. The number of thiazole rings is 1. The van der Waals surface area contributed by atoms with Crippen molar-refractivity contribution in [2.45, 2.75) is 24.9 Å². The molecule has 0 aliphatic carbocycles. The molecule has 2 heterocycles. The number of aromatic nitrogens is 3. The number of hydrogen-bond donors (Lipinski definition) is 1. The molecule has 0 unspecified atom stereocenters. The van der Waals surface area contributed by atoms with E-state index in [4.69, 9.17) is 11.6 Å². The highest BCUT2D eigenvalue weighted by molar-refractivity contribution is 7.89. The van der Waals surface area contributed by atoms with Crippen LogP contribution < -0.4 is 9.94 Å². The van der Waals surface area contributed by atoms with Crippen LogP contribution in [-0.2, 0) is 23.1 Å². The van der Waals surface area contributed by atoms with Crippen LogP contribution in [0.15, 0.2) is 40.4 Å². The van der Waals surface area contributed by atoms with E-state index in [9.17, 15) is 13.2 Å². The molecule has 1 amide bonds.